The fraction of sp³-hybridized carbons (Fsp3) is 0.581. The highest BCUT2D eigenvalue weighted by Gasteiger charge is 2.41. The second kappa shape index (κ2) is 22.1. The van der Waals surface area contributed by atoms with E-state index < -0.39 is 20.2 Å². The van der Waals surface area contributed by atoms with Gasteiger partial charge in [0.2, 0.25) is 5.91 Å². The summed E-state index contributed by atoms with van der Waals surface area (Å²) in [5, 5.41) is 5.89. The number of nitrogens with one attached hydrogen (secondary N) is 2. The summed E-state index contributed by atoms with van der Waals surface area (Å²) in [6, 6.07) is 1.69. The van der Waals surface area contributed by atoms with Crippen molar-refractivity contribution in [1.29, 1.82) is 0 Å². The lowest BCUT2D eigenvalue weighted by Gasteiger charge is -2.45. The van der Waals surface area contributed by atoms with Gasteiger partial charge in [-0.25, -0.2) is 4.79 Å². The first kappa shape index (κ1) is 47.2. The summed E-state index contributed by atoms with van der Waals surface area (Å²) in [6.45, 7) is 23.8. The highest BCUT2D eigenvalue weighted by Crippen LogP contribution is 2.45. The van der Waals surface area contributed by atoms with Crippen LogP contribution in [0.25, 0.3) is 0 Å². The van der Waals surface area contributed by atoms with Crippen molar-refractivity contribution in [3.05, 3.63) is 72.4 Å². The second-order valence-electron chi connectivity index (χ2n) is 16.1. The van der Waals surface area contributed by atoms with Crippen molar-refractivity contribution < 1.29 is 42.4 Å². The molecule has 1 aromatic rings. The van der Waals surface area contributed by atoms with E-state index in [9.17, 15) is 9.59 Å². The number of allylic oxidation sites excluding steroid dienone is 5. The van der Waals surface area contributed by atoms with Gasteiger partial charge in [-0.1, -0.05) is 82.9 Å². The Morgan fingerprint density at radius 3 is 2.59 bits per heavy atom. The Balaban J connectivity index is 1.68. The number of rotatable bonds is 20. The van der Waals surface area contributed by atoms with Crippen molar-refractivity contribution in [1.82, 2.24) is 0 Å². The Labute approximate surface area is 340 Å². The summed E-state index contributed by atoms with van der Waals surface area (Å²) in [4.78, 5) is 25.8. The van der Waals surface area contributed by atoms with Crippen LogP contribution in [0, 0.1) is 5.92 Å². The van der Waals surface area contributed by atoms with E-state index in [4.69, 9.17) is 32.8 Å². The number of methoxy groups -OCH3 is 2. The molecule has 2 N–H and O–H groups in total. The average molecular weight is 815 g/mol. The molecule has 11 nitrogen and oxygen atoms in total. The van der Waals surface area contributed by atoms with Crippen LogP contribution < -0.4 is 15.4 Å². The quantitative estimate of drug-likeness (QED) is 0.0569. The zero-order chi connectivity index (χ0) is 41.5. The lowest BCUT2D eigenvalue weighted by molar-refractivity contribution is -0.310. The summed E-state index contributed by atoms with van der Waals surface area (Å²) in [7, 11) is 1.49. The highest BCUT2D eigenvalue weighted by molar-refractivity contribution is 8.00. The first-order valence-electron chi connectivity index (χ1n) is 19.4. The Kier molecular flexibility index (Phi) is 18.6. The molecule has 3 rings (SSSR count). The van der Waals surface area contributed by atoms with Gasteiger partial charge in [-0.3, -0.25) is 10.1 Å². The van der Waals surface area contributed by atoms with E-state index in [0.29, 0.717) is 36.6 Å². The van der Waals surface area contributed by atoms with Crippen molar-refractivity contribution in [2.75, 3.05) is 50.6 Å². The summed E-state index contributed by atoms with van der Waals surface area (Å²) >= 11 is 1.44. The Morgan fingerprint density at radius 2 is 1.91 bits per heavy atom. The van der Waals surface area contributed by atoms with E-state index in [1.807, 2.05) is 32.1 Å². The summed E-state index contributed by atoms with van der Waals surface area (Å²) in [6.07, 6.45) is 17.9. The molecule has 312 valence electrons. The zero-order valence-electron chi connectivity index (χ0n) is 35.5. The van der Waals surface area contributed by atoms with Crippen LogP contribution in [0.1, 0.15) is 73.3 Å². The average Bonchev–Trinajstić information content (AvgIpc) is 3.12. The van der Waals surface area contributed by atoms with Crippen LogP contribution in [0.3, 0.4) is 0 Å². The van der Waals surface area contributed by atoms with E-state index >= 15 is 0 Å². The van der Waals surface area contributed by atoms with E-state index in [1.54, 1.807) is 13.2 Å². The molecule has 56 heavy (non-hydrogen) atoms. The number of ether oxygens (including phenoxy) is 6. The van der Waals surface area contributed by atoms with Gasteiger partial charge in [-0.15, -0.1) is 11.8 Å². The molecular weight excluding hydrogens is 749 g/mol. The molecule has 0 radical (unpaired) electrons. The van der Waals surface area contributed by atoms with Crippen molar-refractivity contribution in [3.8, 4) is 5.75 Å². The van der Waals surface area contributed by atoms with Gasteiger partial charge in [0.25, 0.3) is 0 Å². The first-order chi connectivity index (χ1) is 26.4. The third-order valence-corrected chi connectivity index (χ3v) is 15.9. The molecule has 13 heteroatoms. The Morgan fingerprint density at radius 1 is 1.18 bits per heavy atom. The van der Waals surface area contributed by atoms with E-state index in [0.717, 1.165) is 28.9 Å². The maximum Gasteiger partial charge on any atom is 0.412 e. The van der Waals surface area contributed by atoms with Crippen LogP contribution in [-0.2, 0) is 39.3 Å². The minimum absolute atomic E-state index is 0.00122. The molecule has 0 aromatic heterocycles. The van der Waals surface area contributed by atoms with Crippen LogP contribution in [0.2, 0.25) is 18.1 Å². The number of hydrogen-bond donors (Lipinski definition) is 2. The molecule has 4 atom stereocenters. The van der Waals surface area contributed by atoms with Gasteiger partial charge in [-0.2, -0.15) is 0 Å². The monoisotopic (exact) mass is 814 g/mol. The molecule has 2 aliphatic rings. The van der Waals surface area contributed by atoms with Gasteiger partial charge in [-0.05, 0) is 76.2 Å². The normalized spacial score (nSPS) is 20.9. The van der Waals surface area contributed by atoms with Crippen molar-refractivity contribution in [2.24, 2.45) is 5.92 Å². The second-order valence-corrected chi connectivity index (χ2v) is 21.8. The van der Waals surface area contributed by atoms with Gasteiger partial charge in [0.15, 0.2) is 26.6 Å². The summed E-state index contributed by atoms with van der Waals surface area (Å²) in [5.74, 6) is -0.0390. The smallest absolute Gasteiger partial charge is 0.412 e. The maximum absolute atomic E-state index is 12.5. The highest BCUT2D eigenvalue weighted by atomic mass is 32.2. The van der Waals surface area contributed by atoms with Crippen molar-refractivity contribution in [3.63, 3.8) is 0 Å². The predicted octanol–water partition coefficient (Wildman–Crippen LogP) is 9.97. The van der Waals surface area contributed by atoms with Gasteiger partial charge in [0, 0.05) is 37.2 Å². The van der Waals surface area contributed by atoms with Crippen molar-refractivity contribution in [2.45, 2.75) is 121 Å². The summed E-state index contributed by atoms with van der Waals surface area (Å²) in [5.41, 5.74) is 2.94. The zero-order valence-corrected chi connectivity index (χ0v) is 37.3. The third-order valence-electron chi connectivity index (χ3n) is 10.2. The molecule has 0 unspecified atom stereocenters. The van der Waals surface area contributed by atoms with E-state index in [-0.39, 0.29) is 54.3 Å². The van der Waals surface area contributed by atoms with Crippen LogP contribution in [0.15, 0.2) is 71.7 Å². The first-order valence-corrected chi connectivity index (χ1v) is 23.3. The fourth-order valence-electron chi connectivity index (χ4n) is 6.15. The van der Waals surface area contributed by atoms with Crippen LogP contribution >= 0.6 is 11.8 Å². The molecule has 1 saturated heterocycles. The fourth-order valence-corrected chi connectivity index (χ4v) is 8.20. The van der Waals surface area contributed by atoms with Crippen LogP contribution in [-0.4, -0.2) is 84.4 Å². The Hall–Kier alpha value is -3.17. The van der Waals surface area contributed by atoms with Gasteiger partial charge >= 0.3 is 6.09 Å². The number of carbonyl (C=O) groups is 2. The Bertz CT molecular complexity index is 1600. The topological polar surface area (TPSA) is 123 Å². The van der Waals surface area contributed by atoms with Gasteiger partial charge < -0.3 is 38.2 Å². The number of thioether (sulfide) groups is 1. The molecule has 0 aliphatic carbocycles. The molecule has 0 bridgehead atoms. The predicted molar refractivity (Wildman–Crippen MR) is 229 cm³/mol. The lowest BCUT2D eigenvalue weighted by Crippen LogP contribution is -2.50. The molecular formula is C43H66N2O9SSi. The molecule has 1 fully saturated rings. The summed E-state index contributed by atoms with van der Waals surface area (Å²) < 4.78 is 41.3. The minimum Gasteiger partial charge on any atom is -0.465 e. The number of benzene rings is 1. The van der Waals surface area contributed by atoms with Crippen molar-refractivity contribution >= 4 is 43.5 Å². The molecule has 2 aliphatic heterocycles. The SMILES string of the molecule is C=CCOC(=O)Nc1cc2c(c(CC/C=C(/C)[C@@H]3OC(C)(C)O[C@@H](C/C=C/C=C/C=C/[C@@H](CCO[Si](C)(C)C(C)(C)C)OC)[C@@H]3C)c1OCOC)SCC(=O)N2. The molecule has 2 heterocycles. The van der Waals surface area contributed by atoms with Gasteiger partial charge in [0.1, 0.15) is 6.61 Å². The largest absolute Gasteiger partial charge is 0.465 e. The van der Waals surface area contributed by atoms with E-state index in [1.165, 1.54) is 24.9 Å². The number of carbonyl (C=O) groups excluding carboxylic acids is 2. The minimum atomic E-state index is -1.78. The molecule has 1 aromatic carbocycles. The number of hydrogen-bond acceptors (Lipinski definition) is 10. The van der Waals surface area contributed by atoms with Gasteiger partial charge in [0.05, 0.1) is 35.4 Å². The molecule has 0 spiro atoms. The standard InChI is InChI=1S/C43H66N2O9SSi/c1-13-25-50-41(47)45-34-27-35-40(55-28-37(46)44-35)33(39(34)51-29-48-9)22-19-20-30(2)38-31(3)36(53-43(7,8)54-38)23-18-16-14-15-17-21-32(49-10)24-26-52-56(11,12)42(4,5)6/h13-18,20-21,27,31-32,36,38H,1,19,22-26,28-29H2,2-12H3,(H,44,46)(H,45,47)/b15-14+,18-16+,21-17+,30-20-/t31-,32-,36-,38-/m0/s1. The maximum atomic E-state index is 12.5. The lowest BCUT2D eigenvalue weighted by atomic mass is 9.88. The number of amides is 2. The van der Waals surface area contributed by atoms with Crippen LogP contribution in [0.4, 0.5) is 16.2 Å². The molecule has 0 saturated carbocycles. The number of anilines is 2. The van der Waals surface area contributed by atoms with Crippen LogP contribution in [0.5, 0.6) is 5.75 Å². The molecule has 2 amide bonds. The third kappa shape index (κ3) is 14.3. The van der Waals surface area contributed by atoms with E-state index in [2.05, 4.69) is 89.2 Å². The number of fused-ring (bicyclic) bond motifs is 1.